The number of hydrogen-bond donors (Lipinski definition) is 2. The van der Waals surface area contributed by atoms with Gasteiger partial charge in [-0.1, -0.05) is 6.07 Å². The molecular weight excluding hydrogens is 469 g/mol. The highest BCUT2D eigenvalue weighted by atomic mass is 32.2. The fourth-order valence-corrected chi connectivity index (χ4v) is 4.75. The van der Waals surface area contributed by atoms with Crippen LogP contribution in [0, 0.1) is 0 Å². The Bertz CT molecular complexity index is 1310. The van der Waals surface area contributed by atoms with E-state index in [1.165, 1.54) is 49.6 Å². The van der Waals surface area contributed by atoms with Crippen LogP contribution in [-0.2, 0) is 26.2 Å². The molecule has 0 aliphatic rings. The molecule has 0 aliphatic heterocycles. The maximum atomic E-state index is 12.8. The van der Waals surface area contributed by atoms with Crippen LogP contribution in [0.2, 0.25) is 0 Å². The maximum absolute atomic E-state index is 12.8. The van der Waals surface area contributed by atoms with Gasteiger partial charge in [-0.3, -0.25) is 9.44 Å². The normalized spacial score (nSPS) is 12.2. The number of sulfonamides is 2. The predicted molar refractivity (Wildman–Crippen MR) is 112 cm³/mol. The van der Waals surface area contributed by atoms with E-state index in [-0.39, 0.29) is 21.2 Å². The topological polar surface area (TPSA) is 102 Å². The number of halogens is 3. The predicted octanol–water partition coefficient (Wildman–Crippen LogP) is 4.32. The van der Waals surface area contributed by atoms with Crippen molar-refractivity contribution in [1.29, 1.82) is 0 Å². The second kappa shape index (κ2) is 8.71. The Morgan fingerprint density at radius 3 is 1.72 bits per heavy atom. The Balaban J connectivity index is 1.77. The molecule has 32 heavy (non-hydrogen) atoms. The van der Waals surface area contributed by atoms with Gasteiger partial charge >= 0.3 is 6.18 Å². The summed E-state index contributed by atoms with van der Waals surface area (Å²) in [5, 5.41) is 0. The van der Waals surface area contributed by atoms with Gasteiger partial charge in [0.25, 0.3) is 20.0 Å². The van der Waals surface area contributed by atoms with Crippen molar-refractivity contribution in [3.8, 4) is 5.75 Å². The summed E-state index contributed by atoms with van der Waals surface area (Å²) in [5.74, 6) is 0.478. The highest BCUT2D eigenvalue weighted by Gasteiger charge is 2.30. The third-order valence-electron chi connectivity index (χ3n) is 4.23. The Morgan fingerprint density at radius 1 is 0.719 bits per heavy atom. The van der Waals surface area contributed by atoms with Gasteiger partial charge in [-0.15, -0.1) is 0 Å². The van der Waals surface area contributed by atoms with Gasteiger partial charge in [0.15, 0.2) is 0 Å². The number of ether oxygens (including phenoxy) is 1. The number of anilines is 2. The maximum Gasteiger partial charge on any atom is 0.416 e. The highest BCUT2D eigenvalue weighted by Crippen LogP contribution is 2.31. The molecule has 0 aliphatic carbocycles. The summed E-state index contributed by atoms with van der Waals surface area (Å²) < 4.78 is 97.8. The number of alkyl halides is 3. The third-order valence-corrected chi connectivity index (χ3v) is 7.02. The van der Waals surface area contributed by atoms with Gasteiger partial charge in [0.2, 0.25) is 0 Å². The minimum atomic E-state index is -4.62. The van der Waals surface area contributed by atoms with Crippen LogP contribution in [0.1, 0.15) is 5.56 Å². The molecule has 3 aromatic rings. The van der Waals surface area contributed by atoms with Crippen molar-refractivity contribution in [1.82, 2.24) is 0 Å². The minimum absolute atomic E-state index is 0.0267. The lowest BCUT2D eigenvalue weighted by Gasteiger charge is -2.12. The summed E-state index contributed by atoms with van der Waals surface area (Å²) in [7, 11) is -6.69. The van der Waals surface area contributed by atoms with Crippen molar-refractivity contribution >= 4 is 31.4 Å². The molecule has 0 bridgehead atoms. The van der Waals surface area contributed by atoms with Crippen LogP contribution in [0.15, 0.2) is 82.6 Å². The molecule has 0 radical (unpaired) electrons. The summed E-state index contributed by atoms with van der Waals surface area (Å²) in [5.41, 5.74) is -1.16. The van der Waals surface area contributed by atoms with Crippen molar-refractivity contribution in [2.45, 2.75) is 16.0 Å². The van der Waals surface area contributed by atoms with Gasteiger partial charge in [-0.05, 0) is 66.7 Å². The van der Waals surface area contributed by atoms with Crippen LogP contribution in [0.25, 0.3) is 0 Å². The van der Waals surface area contributed by atoms with Crippen molar-refractivity contribution in [2.24, 2.45) is 0 Å². The van der Waals surface area contributed by atoms with E-state index in [2.05, 4.69) is 9.44 Å². The zero-order chi connectivity index (χ0) is 23.6. The molecule has 0 unspecified atom stereocenters. The summed E-state index contributed by atoms with van der Waals surface area (Å²) in [6.07, 6.45) is -4.62. The third kappa shape index (κ3) is 5.51. The number of hydrogen-bond acceptors (Lipinski definition) is 5. The monoisotopic (exact) mass is 486 g/mol. The van der Waals surface area contributed by atoms with E-state index >= 15 is 0 Å². The van der Waals surface area contributed by atoms with Gasteiger partial charge < -0.3 is 4.74 Å². The SMILES string of the molecule is COc1ccc(S(=O)(=O)Nc2ccc(S(=O)(=O)Nc3cccc(C(F)(F)F)c3)cc2)cc1. The number of nitrogens with one attached hydrogen (secondary N) is 2. The molecular formula is C20H17F3N2O5S2. The fourth-order valence-electron chi connectivity index (χ4n) is 2.64. The van der Waals surface area contributed by atoms with Gasteiger partial charge in [0, 0.05) is 11.4 Å². The summed E-state index contributed by atoms with van der Waals surface area (Å²) >= 11 is 0. The highest BCUT2D eigenvalue weighted by molar-refractivity contribution is 7.93. The second-order valence-electron chi connectivity index (χ2n) is 6.49. The van der Waals surface area contributed by atoms with Crippen molar-refractivity contribution < 1.29 is 34.7 Å². The molecule has 0 heterocycles. The second-order valence-corrected chi connectivity index (χ2v) is 9.85. The molecule has 2 N–H and O–H groups in total. The zero-order valence-electron chi connectivity index (χ0n) is 16.4. The molecule has 0 amide bonds. The van der Waals surface area contributed by atoms with E-state index in [4.69, 9.17) is 4.74 Å². The van der Waals surface area contributed by atoms with E-state index in [1.807, 2.05) is 0 Å². The molecule has 3 rings (SSSR count). The molecule has 0 saturated heterocycles. The quantitative estimate of drug-likeness (QED) is 0.518. The minimum Gasteiger partial charge on any atom is -0.497 e. The van der Waals surface area contributed by atoms with E-state index in [1.54, 1.807) is 0 Å². The summed E-state index contributed by atoms with van der Waals surface area (Å²) in [4.78, 5) is -0.288. The zero-order valence-corrected chi connectivity index (χ0v) is 18.1. The van der Waals surface area contributed by atoms with Crippen molar-refractivity contribution in [3.05, 3.63) is 78.4 Å². The first-order chi connectivity index (χ1) is 14.9. The molecule has 0 saturated carbocycles. The van der Waals surface area contributed by atoms with E-state index in [0.717, 1.165) is 24.3 Å². The first kappa shape index (κ1) is 23.4. The number of rotatable bonds is 7. The largest absolute Gasteiger partial charge is 0.497 e. The Labute approximate surface area is 183 Å². The average Bonchev–Trinajstić information content (AvgIpc) is 2.73. The van der Waals surface area contributed by atoms with E-state index < -0.39 is 31.8 Å². The molecule has 170 valence electrons. The Hall–Kier alpha value is -3.25. The van der Waals surface area contributed by atoms with Crippen LogP contribution < -0.4 is 14.2 Å². The summed E-state index contributed by atoms with van der Waals surface area (Å²) in [6.45, 7) is 0. The first-order valence-corrected chi connectivity index (χ1v) is 11.8. The van der Waals surface area contributed by atoms with Crippen molar-refractivity contribution in [2.75, 3.05) is 16.6 Å². The van der Waals surface area contributed by atoms with Gasteiger partial charge in [0.1, 0.15) is 5.75 Å². The van der Waals surface area contributed by atoms with Crippen LogP contribution in [0.4, 0.5) is 24.5 Å². The number of methoxy groups -OCH3 is 1. The van der Waals surface area contributed by atoms with Crippen LogP contribution in [0.3, 0.4) is 0 Å². The fraction of sp³-hybridized carbons (Fsp3) is 0.100. The van der Waals surface area contributed by atoms with Gasteiger partial charge in [-0.2, -0.15) is 13.2 Å². The van der Waals surface area contributed by atoms with Gasteiger partial charge in [-0.25, -0.2) is 16.8 Å². The van der Waals surface area contributed by atoms with Crippen LogP contribution in [-0.4, -0.2) is 23.9 Å². The lowest BCUT2D eigenvalue weighted by molar-refractivity contribution is -0.137. The number of benzene rings is 3. The van der Waals surface area contributed by atoms with Crippen LogP contribution in [0.5, 0.6) is 5.75 Å². The molecule has 12 heteroatoms. The molecule has 3 aromatic carbocycles. The lowest BCUT2D eigenvalue weighted by atomic mass is 10.2. The first-order valence-electron chi connectivity index (χ1n) is 8.88. The van der Waals surface area contributed by atoms with E-state index in [9.17, 15) is 30.0 Å². The summed E-state index contributed by atoms with van der Waals surface area (Å²) in [6, 6.07) is 14.1. The lowest BCUT2D eigenvalue weighted by Crippen LogP contribution is -2.15. The van der Waals surface area contributed by atoms with Crippen molar-refractivity contribution in [3.63, 3.8) is 0 Å². The molecule has 0 atom stereocenters. The Morgan fingerprint density at radius 2 is 1.22 bits per heavy atom. The van der Waals surface area contributed by atoms with E-state index in [0.29, 0.717) is 11.8 Å². The van der Waals surface area contributed by atoms with Crippen LogP contribution >= 0.6 is 0 Å². The molecule has 0 fully saturated rings. The average molecular weight is 486 g/mol. The Kier molecular flexibility index (Phi) is 6.37. The molecule has 0 spiro atoms. The smallest absolute Gasteiger partial charge is 0.416 e. The molecule has 0 aromatic heterocycles. The molecule has 7 nitrogen and oxygen atoms in total. The van der Waals surface area contributed by atoms with Gasteiger partial charge in [0.05, 0.1) is 22.5 Å². The standard InChI is InChI=1S/C20H17F3N2O5S2/c1-30-17-7-11-19(12-8-17)31(26,27)24-15-5-9-18(10-6-15)32(28,29)25-16-4-2-3-14(13-16)20(21,22)23/h2-13,24-25H,1H3.